The molecule has 0 spiro atoms. The summed E-state index contributed by atoms with van der Waals surface area (Å²) in [6.07, 6.45) is 0.179. The second-order valence-electron chi connectivity index (χ2n) is 7.02. The number of guanidine groups is 1. The van der Waals surface area contributed by atoms with Gasteiger partial charge in [-0.1, -0.05) is 0 Å². The van der Waals surface area contributed by atoms with Gasteiger partial charge in [-0.25, -0.2) is 0 Å². The van der Waals surface area contributed by atoms with Gasteiger partial charge in [-0.05, 0) is 51.0 Å². The first kappa shape index (κ1) is 23.7. The zero-order chi connectivity index (χ0) is 18.1. The van der Waals surface area contributed by atoms with E-state index in [-0.39, 0.29) is 29.9 Å². The molecule has 154 valence electrons. The lowest BCUT2D eigenvalue weighted by Crippen LogP contribution is -2.38. The minimum Gasteiger partial charge on any atom is -0.381 e. The van der Waals surface area contributed by atoms with Crippen molar-refractivity contribution in [2.24, 2.45) is 16.8 Å². The van der Waals surface area contributed by atoms with Crippen molar-refractivity contribution in [1.29, 1.82) is 0 Å². The van der Waals surface area contributed by atoms with Crippen LogP contribution in [-0.2, 0) is 4.74 Å². The molecule has 0 aromatic carbocycles. The van der Waals surface area contributed by atoms with Gasteiger partial charge in [-0.2, -0.15) is 13.2 Å². The molecule has 2 N–H and O–H groups in total. The van der Waals surface area contributed by atoms with Crippen molar-refractivity contribution in [3.8, 4) is 0 Å². The maximum atomic E-state index is 12.4. The molecular weight excluding hydrogens is 460 g/mol. The maximum absolute atomic E-state index is 12.4. The lowest BCUT2D eigenvalue weighted by atomic mass is 10.1. The van der Waals surface area contributed by atoms with Crippen LogP contribution < -0.4 is 10.6 Å². The highest BCUT2D eigenvalue weighted by Crippen LogP contribution is 2.28. The molecule has 5 nitrogen and oxygen atoms in total. The van der Waals surface area contributed by atoms with Crippen molar-refractivity contribution in [3.05, 3.63) is 0 Å². The van der Waals surface area contributed by atoms with Gasteiger partial charge < -0.3 is 15.4 Å². The maximum Gasteiger partial charge on any atom is 0.401 e. The summed E-state index contributed by atoms with van der Waals surface area (Å²) in [5, 5.41) is 6.44. The number of hydrogen-bond acceptors (Lipinski definition) is 3. The minimum absolute atomic E-state index is 0. The summed E-state index contributed by atoms with van der Waals surface area (Å²) in [5.41, 5.74) is 0. The normalized spacial score (nSPS) is 21.5. The number of ether oxygens (including phenoxy) is 1. The summed E-state index contributed by atoms with van der Waals surface area (Å²) in [6.45, 7) is 5.88. The molecule has 1 saturated carbocycles. The summed E-state index contributed by atoms with van der Waals surface area (Å²) >= 11 is 0. The first-order chi connectivity index (χ1) is 12.0. The quantitative estimate of drug-likeness (QED) is 0.213. The van der Waals surface area contributed by atoms with E-state index in [0.717, 1.165) is 51.0 Å². The molecule has 0 radical (unpaired) electrons. The first-order valence-electron chi connectivity index (χ1n) is 9.35. The zero-order valence-corrected chi connectivity index (χ0v) is 17.8. The Morgan fingerprint density at radius 2 is 1.96 bits per heavy atom. The third-order valence-corrected chi connectivity index (χ3v) is 4.43. The van der Waals surface area contributed by atoms with Crippen LogP contribution in [0.4, 0.5) is 13.2 Å². The van der Waals surface area contributed by atoms with Crippen LogP contribution in [0.25, 0.3) is 0 Å². The van der Waals surface area contributed by atoms with Crippen LogP contribution in [0.1, 0.15) is 32.6 Å². The Labute approximate surface area is 171 Å². The van der Waals surface area contributed by atoms with Gasteiger partial charge in [0.25, 0.3) is 0 Å². The Bertz CT molecular complexity index is 419. The summed E-state index contributed by atoms with van der Waals surface area (Å²) < 4.78 is 42.9. The fourth-order valence-electron chi connectivity index (χ4n) is 2.94. The number of aliphatic imine (C=N–C) groups is 1. The number of nitrogens with one attached hydrogen (secondary N) is 2. The van der Waals surface area contributed by atoms with Crippen molar-refractivity contribution in [1.82, 2.24) is 15.5 Å². The molecule has 0 amide bonds. The van der Waals surface area contributed by atoms with Crippen LogP contribution in [0, 0.1) is 11.8 Å². The predicted molar refractivity (Wildman–Crippen MR) is 108 cm³/mol. The van der Waals surface area contributed by atoms with Crippen LogP contribution in [0.15, 0.2) is 4.99 Å². The van der Waals surface area contributed by atoms with Gasteiger partial charge in [0.15, 0.2) is 5.96 Å². The molecule has 1 saturated heterocycles. The Morgan fingerprint density at radius 3 is 2.62 bits per heavy atom. The van der Waals surface area contributed by atoms with Crippen molar-refractivity contribution in [3.63, 3.8) is 0 Å². The van der Waals surface area contributed by atoms with E-state index < -0.39 is 12.7 Å². The third-order valence-electron chi connectivity index (χ3n) is 4.43. The second kappa shape index (κ2) is 12.2. The lowest BCUT2D eigenvalue weighted by molar-refractivity contribution is -0.143. The zero-order valence-electron chi connectivity index (χ0n) is 15.5. The van der Waals surface area contributed by atoms with Crippen molar-refractivity contribution < 1.29 is 17.9 Å². The number of rotatable bonds is 10. The average molecular weight is 492 g/mol. The third kappa shape index (κ3) is 10.8. The molecule has 1 heterocycles. The molecule has 0 bridgehead atoms. The Morgan fingerprint density at radius 1 is 1.19 bits per heavy atom. The van der Waals surface area contributed by atoms with E-state index in [1.165, 1.54) is 17.7 Å². The molecular formula is C17H32F3IN4O. The van der Waals surface area contributed by atoms with Gasteiger partial charge in [0.1, 0.15) is 0 Å². The van der Waals surface area contributed by atoms with Gasteiger partial charge in [0.05, 0.1) is 6.54 Å². The van der Waals surface area contributed by atoms with Crippen molar-refractivity contribution in [2.75, 3.05) is 52.5 Å². The molecule has 0 aromatic heterocycles. The van der Waals surface area contributed by atoms with Crippen molar-refractivity contribution in [2.45, 2.75) is 38.8 Å². The fourth-order valence-corrected chi connectivity index (χ4v) is 2.94. The van der Waals surface area contributed by atoms with Gasteiger partial charge in [0.2, 0.25) is 0 Å². The predicted octanol–water partition coefficient (Wildman–Crippen LogP) is 2.86. The monoisotopic (exact) mass is 492 g/mol. The topological polar surface area (TPSA) is 48.9 Å². The van der Waals surface area contributed by atoms with E-state index in [4.69, 9.17) is 4.74 Å². The molecule has 1 unspecified atom stereocenters. The van der Waals surface area contributed by atoms with E-state index in [1.54, 1.807) is 0 Å². The fraction of sp³-hybridized carbons (Fsp3) is 0.941. The van der Waals surface area contributed by atoms with Crippen LogP contribution in [0.3, 0.4) is 0 Å². The summed E-state index contributed by atoms with van der Waals surface area (Å²) in [6, 6.07) is 0. The van der Waals surface area contributed by atoms with Gasteiger partial charge in [-0.3, -0.25) is 9.89 Å². The van der Waals surface area contributed by atoms with Gasteiger partial charge >= 0.3 is 6.18 Å². The number of hydrogen-bond donors (Lipinski definition) is 2. The van der Waals surface area contributed by atoms with Crippen LogP contribution in [0.5, 0.6) is 0 Å². The highest BCUT2D eigenvalue weighted by molar-refractivity contribution is 14.0. The molecule has 1 atom stereocenters. The molecule has 1 aliphatic heterocycles. The van der Waals surface area contributed by atoms with Crippen molar-refractivity contribution >= 4 is 29.9 Å². The average Bonchev–Trinajstić information content (AvgIpc) is 3.26. The Balaban J connectivity index is 0.00000338. The number of likely N-dealkylation sites (tertiary alicyclic amines) is 1. The number of nitrogens with zero attached hydrogens (tertiary/aromatic N) is 2. The van der Waals surface area contributed by atoms with E-state index in [1.807, 2.05) is 6.92 Å². The van der Waals surface area contributed by atoms with Crippen LogP contribution >= 0.6 is 24.0 Å². The summed E-state index contributed by atoms with van der Waals surface area (Å²) in [5.74, 6) is 1.72. The smallest absolute Gasteiger partial charge is 0.381 e. The highest BCUT2D eigenvalue weighted by Gasteiger charge is 2.34. The molecule has 2 rings (SSSR count). The Hall–Kier alpha value is -0.290. The molecule has 1 aliphatic carbocycles. The first-order valence-corrected chi connectivity index (χ1v) is 9.35. The highest BCUT2D eigenvalue weighted by atomic mass is 127. The SMILES string of the molecule is CCNC(=NCC1CCN(CC(F)(F)F)C1)NCCCOCC1CC1.I. The molecule has 9 heteroatoms. The van der Waals surface area contributed by atoms with Gasteiger partial charge in [-0.15, -0.1) is 24.0 Å². The largest absolute Gasteiger partial charge is 0.401 e. The van der Waals surface area contributed by atoms with E-state index >= 15 is 0 Å². The van der Waals surface area contributed by atoms with E-state index in [2.05, 4.69) is 15.6 Å². The number of halogens is 4. The Kier molecular flexibility index (Phi) is 11.2. The molecule has 26 heavy (non-hydrogen) atoms. The lowest BCUT2D eigenvalue weighted by Gasteiger charge is -2.17. The molecule has 2 fully saturated rings. The van der Waals surface area contributed by atoms with Crippen LogP contribution in [0.2, 0.25) is 0 Å². The standard InChI is InChI=1S/C17H31F3N4O.HI/c1-2-21-16(22-7-3-9-25-12-14-4-5-14)23-10-15-6-8-24(11-15)13-17(18,19)20;/h14-15H,2-13H2,1H3,(H2,21,22,23);1H. The molecule has 2 aliphatic rings. The second-order valence-corrected chi connectivity index (χ2v) is 7.02. The molecule has 0 aromatic rings. The van der Waals surface area contributed by atoms with E-state index in [9.17, 15) is 13.2 Å². The van der Waals surface area contributed by atoms with E-state index in [0.29, 0.717) is 19.6 Å². The van der Waals surface area contributed by atoms with Crippen LogP contribution in [-0.4, -0.2) is 69.5 Å². The summed E-state index contributed by atoms with van der Waals surface area (Å²) in [4.78, 5) is 6.00. The van der Waals surface area contributed by atoms with Gasteiger partial charge in [0, 0.05) is 39.4 Å². The number of alkyl halides is 3. The minimum atomic E-state index is -4.11. The summed E-state index contributed by atoms with van der Waals surface area (Å²) in [7, 11) is 0.